The minimum absolute atomic E-state index is 0.109. The van der Waals surface area contributed by atoms with E-state index in [1.54, 1.807) is 7.11 Å². The Morgan fingerprint density at radius 3 is 2.78 bits per heavy atom. The number of nitrogens with zero attached hydrogens (tertiary/aromatic N) is 2. The smallest absolute Gasteiger partial charge is 0.276 e. The Morgan fingerprint density at radius 1 is 1.31 bits per heavy atom. The predicted molar refractivity (Wildman–Crippen MR) is 111 cm³/mol. The van der Waals surface area contributed by atoms with Gasteiger partial charge in [0.05, 0.1) is 6.10 Å². The highest BCUT2D eigenvalue weighted by Gasteiger charge is 2.27. The van der Waals surface area contributed by atoms with Crippen LogP contribution in [-0.2, 0) is 11.3 Å². The predicted octanol–water partition coefficient (Wildman–Crippen LogP) is 1.19. The Bertz CT molecular complexity index is 1090. The molecule has 0 bridgehead atoms. The van der Waals surface area contributed by atoms with Gasteiger partial charge in [-0.3, -0.25) is 19.1 Å². The van der Waals surface area contributed by atoms with Crippen LogP contribution in [0.25, 0.3) is 0 Å². The van der Waals surface area contributed by atoms with Crippen LogP contribution >= 0.6 is 0 Å². The van der Waals surface area contributed by atoms with Gasteiger partial charge in [-0.2, -0.15) is 0 Å². The van der Waals surface area contributed by atoms with Crippen molar-refractivity contribution in [1.29, 1.82) is 0 Å². The molecule has 9 nitrogen and oxygen atoms in total. The van der Waals surface area contributed by atoms with Gasteiger partial charge >= 0.3 is 0 Å². The normalized spacial score (nSPS) is 16.8. The number of hydrogen-bond acceptors (Lipinski definition) is 6. The molecule has 0 aliphatic carbocycles. The first-order valence-electron chi connectivity index (χ1n) is 9.96. The van der Waals surface area contributed by atoms with Gasteiger partial charge in [0.15, 0.2) is 23.1 Å². The van der Waals surface area contributed by atoms with Crippen LogP contribution in [-0.4, -0.2) is 59.8 Å². The summed E-state index contributed by atoms with van der Waals surface area (Å²) in [6, 6.07) is 3.52. The first-order valence-corrected chi connectivity index (χ1v) is 9.96. The highest BCUT2D eigenvalue weighted by molar-refractivity contribution is 5.98. The number of nitrogens with one attached hydrogen (secondary N) is 2. The minimum Gasteiger partial charge on any atom is -0.502 e. The molecule has 2 aromatic rings. The van der Waals surface area contributed by atoms with E-state index in [2.05, 4.69) is 10.7 Å². The van der Waals surface area contributed by atoms with E-state index in [1.807, 2.05) is 0 Å². The standard InChI is InChI=1S/C21H24F2N4O5/c1-26-9-7-13(32-2)6-8-25-27-11-14(18(28)19(29)17(27)21(26)31)20(30)24-10-12-4-3-5-15(22)16(12)23/h3-5,11,13,25,29H,6-10H2,1-2H3,(H,24,30). The summed E-state index contributed by atoms with van der Waals surface area (Å²) in [7, 11) is 3.10. The molecule has 1 aromatic heterocycles. The molecule has 1 aliphatic rings. The summed E-state index contributed by atoms with van der Waals surface area (Å²) >= 11 is 0. The third-order valence-electron chi connectivity index (χ3n) is 5.32. The van der Waals surface area contributed by atoms with Crippen molar-refractivity contribution in [3.63, 3.8) is 0 Å². The molecular weight excluding hydrogens is 426 g/mol. The van der Waals surface area contributed by atoms with Crippen molar-refractivity contribution in [2.45, 2.75) is 25.5 Å². The number of hydrogen-bond donors (Lipinski definition) is 3. The Hall–Kier alpha value is -3.47. The number of aromatic nitrogens is 1. The van der Waals surface area contributed by atoms with Crippen molar-refractivity contribution in [2.24, 2.45) is 0 Å². The molecule has 2 amide bonds. The molecule has 3 N–H and O–H groups in total. The number of methoxy groups -OCH3 is 1. The Labute approximate surface area is 182 Å². The zero-order chi connectivity index (χ0) is 23.4. The second kappa shape index (κ2) is 9.77. The summed E-state index contributed by atoms with van der Waals surface area (Å²) in [4.78, 5) is 39.4. The maximum atomic E-state index is 13.8. The summed E-state index contributed by atoms with van der Waals surface area (Å²) in [5.74, 6) is -4.59. The molecule has 0 saturated heterocycles. The first-order chi connectivity index (χ1) is 15.2. The average molecular weight is 450 g/mol. The summed E-state index contributed by atoms with van der Waals surface area (Å²) < 4.78 is 33.7. The molecule has 1 unspecified atom stereocenters. The number of benzene rings is 1. The molecule has 0 radical (unpaired) electrons. The second-order valence-corrected chi connectivity index (χ2v) is 7.40. The summed E-state index contributed by atoms with van der Waals surface area (Å²) in [6.07, 6.45) is 2.13. The van der Waals surface area contributed by atoms with Crippen molar-refractivity contribution in [2.75, 3.05) is 32.7 Å². The van der Waals surface area contributed by atoms with Gasteiger partial charge in [0.1, 0.15) is 5.56 Å². The first kappa shape index (κ1) is 23.2. The van der Waals surface area contributed by atoms with Crippen LogP contribution in [0.1, 0.15) is 39.3 Å². The van der Waals surface area contributed by atoms with Gasteiger partial charge in [0, 0.05) is 45.6 Å². The van der Waals surface area contributed by atoms with E-state index in [0.29, 0.717) is 25.9 Å². The molecule has 1 aromatic carbocycles. The van der Waals surface area contributed by atoms with Crippen molar-refractivity contribution < 1.29 is 28.2 Å². The molecular formula is C21H24F2N4O5. The summed E-state index contributed by atoms with van der Waals surface area (Å²) in [5, 5.41) is 12.8. The van der Waals surface area contributed by atoms with Crippen LogP contribution < -0.4 is 16.2 Å². The van der Waals surface area contributed by atoms with Crippen molar-refractivity contribution in [3.05, 3.63) is 63.1 Å². The third-order valence-corrected chi connectivity index (χ3v) is 5.32. The van der Waals surface area contributed by atoms with E-state index < -0.39 is 40.2 Å². The number of rotatable bonds is 4. The number of carbonyl (C=O) groups is 2. The largest absolute Gasteiger partial charge is 0.502 e. The van der Waals surface area contributed by atoms with E-state index >= 15 is 0 Å². The van der Waals surface area contributed by atoms with Gasteiger partial charge in [-0.1, -0.05) is 12.1 Å². The van der Waals surface area contributed by atoms with E-state index in [4.69, 9.17) is 4.74 Å². The van der Waals surface area contributed by atoms with Gasteiger partial charge in [-0.15, -0.1) is 0 Å². The van der Waals surface area contributed by atoms with Crippen LogP contribution in [0, 0.1) is 11.6 Å². The molecule has 1 atom stereocenters. The maximum absolute atomic E-state index is 13.8. The van der Waals surface area contributed by atoms with Crippen LogP contribution in [0.4, 0.5) is 8.78 Å². The molecule has 2 heterocycles. The number of aromatic hydroxyl groups is 1. The number of fused-ring (bicyclic) bond motifs is 1. The van der Waals surface area contributed by atoms with E-state index in [9.17, 15) is 28.3 Å². The van der Waals surface area contributed by atoms with Gasteiger partial charge in [-0.05, 0) is 18.9 Å². The minimum atomic E-state index is -1.11. The highest BCUT2D eigenvalue weighted by Crippen LogP contribution is 2.18. The van der Waals surface area contributed by atoms with E-state index in [0.717, 1.165) is 16.9 Å². The van der Waals surface area contributed by atoms with Crippen molar-refractivity contribution >= 4 is 11.8 Å². The number of halogens is 2. The molecule has 0 saturated carbocycles. The Balaban J connectivity index is 1.92. The number of carbonyl (C=O) groups excluding carboxylic acids is 2. The topological polar surface area (TPSA) is 113 Å². The van der Waals surface area contributed by atoms with Gasteiger partial charge in [0.25, 0.3) is 11.8 Å². The van der Waals surface area contributed by atoms with Crippen LogP contribution in [0.5, 0.6) is 5.75 Å². The zero-order valence-electron chi connectivity index (χ0n) is 17.7. The van der Waals surface area contributed by atoms with Crippen molar-refractivity contribution in [3.8, 4) is 5.75 Å². The molecule has 0 spiro atoms. The Kier molecular flexibility index (Phi) is 7.08. The number of amides is 2. The lowest BCUT2D eigenvalue weighted by Gasteiger charge is -2.26. The molecule has 11 heteroatoms. The SMILES string of the molecule is COC1CCNn2cc(C(=O)NCc3cccc(F)c3F)c(=O)c(O)c2C(=O)N(C)CC1. The van der Waals surface area contributed by atoms with Gasteiger partial charge in [0.2, 0.25) is 5.43 Å². The van der Waals surface area contributed by atoms with Crippen LogP contribution in [0.3, 0.4) is 0 Å². The lowest BCUT2D eigenvalue weighted by molar-refractivity contribution is 0.0645. The molecule has 0 fully saturated rings. The number of ether oxygens (including phenoxy) is 1. The fourth-order valence-corrected chi connectivity index (χ4v) is 3.39. The van der Waals surface area contributed by atoms with Crippen LogP contribution in [0.2, 0.25) is 0 Å². The monoisotopic (exact) mass is 450 g/mol. The molecule has 1 aliphatic heterocycles. The third kappa shape index (κ3) is 4.72. The zero-order valence-corrected chi connectivity index (χ0v) is 17.7. The molecule has 172 valence electrons. The van der Waals surface area contributed by atoms with Crippen molar-refractivity contribution in [1.82, 2.24) is 14.9 Å². The lowest BCUT2D eigenvalue weighted by atomic mass is 10.1. The van der Waals surface area contributed by atoms with Crippen LogP contribution in [0.15, 0.2) is 29.2 Å². The molecule has 3 rings (SSSR count). The highest BCUT2D eigenvalue weighted by atomic mass is 19.2. The van der Waals surface area contributed by atoms with Gasteiger partial charge < -0.3 is 25.5 Å². The summed E-state index contributed by atoms with van der Waals surface area (Å²) in [6.45, 7) is 0.293. The van der Waals surface area contributed by atoms with Gasteiger partial charge in [-0.25, -0.2) is 8.78 Å². The average Bonchev–Trinajstić information content (AvgIpc) is 2.78. The quantitative estimate of drug-likeness (QED) is 0.645. The second-order valence-electron chi connectivity index (χ2n) is 7.40. The Morgan fingerprint density at radius 2 is 2.06 bits per heavy atom. The fourth-order valence-electron chi connectivity index (χ4n) is 3.39. The summed E-state index contributed by atoms with van der Waals surface area (Å²) in [5.41, 5.74) is 0.971. The number of pyridine rings is 1. The molecule has 32 heavy (non-hydrogen) atoms. The maximum Gasteiger partial charge on any atom is 0.276 e. The van der Waals surface area contributed by atoms with E-state index in [1.165, 1.54) is 24.1 Å². The fraction of sp³-hybridized carbons (Fsp3) is 0.381. The lowest BCUT2D eigenvalue weighted by Crippen LogP contribution is -2.39. The van der Waals surface area contributed by atoms with E-state index in [-0.39, 0.29) is 23.9 Å².